The molecule has 5 nitrogen and oxygen atoms in total. The number of nitrogens with zero attached hydrogens (tertiary/aromatic N) is 2. The first-order valence-electron chi connectivity index (χ1n) is 7.22. The maximum Gasteiger partial charge on any atom is 0.163 e. The molecule has 1 heterocycles. The van der Waals surface area contributed by atoms with E-state index in [1.807, 2.05) is 0 Å². The van der Waals surface area contributed by atoms with Gasteiger partial charge in [0.05, 0.1) is 28.6 Å². The molecule has 2 rings (SSSR count). The highest BCUT2D eigenvalue weighted by atomic mass is 79.9. The van der Waals surface area contributed by atoms with Crippen LogP contribution in [-0.2, 0) is 15.3 Å². The number of nitrogens with two attached hydrogens (primary N) is 1. The lowest BCUT2D eigenvalue weighted by Gasteiger charge is -2.40. The number of amidine groups is 1. The zero-order valence-electron chi connectivity index (χ0n) is 13.4. The van der Waals surface area contributed by atoms with E-state index < -0.39 is 25.8 Å². The Labute approximate surface area is 149 Å². The molecular weight excluding hydrogens is 397 g/mol. The van der Waals surface area contributed by atoms with Gasteiger partial charge in [-0.3, -0.25) is 0 Å². The number of aliphatic hydroxyl groups excluding tert-OH is 1. The smallest absolute Gasteiger partial charge is 0.163 e. The molecular formula is C16H19BrFN3O2S. The molecule has 1 aliphatic rings. The molecule has 130 valence electrons. The summed E-state index contributed by atoms with van der Waals surface area (Å²) < 4.78 is 31.6. The lowest BCUT2D eigenvalue weighted by atomic mass is 9.92. The van der Waals surface area contributed by atoms with E-state index in [0.717, 1.165) is 0 Å². The van der Waals surface area contributed by atoms with E-state index in [-0.39, 0.29) is 30.3 Å². The number of halogens is 2. The van der Waals surface area contributed by atoms with E-state index >= 15 is 0 Å². The van der Waals surface area contributed by atoms with Gasteiger partial charge in [0.2, 0.25) is 0 Å². The van der Waals surface area contributed by atoms with Crippen molar-refractivity contribution in [2.75, 3.05) is 18.9 Å². The Kier molecular flexibility index (Phi) is 5.09. The van der Waals surface area contributed by atoms with Crippen LogP contribution in [0.25, 0.3) is 0 Å². The summed E-state index contributed by atoms with van der Waals surface area (Å²) in [6.45, 7) is 3.05. The van der Waals surface area contributed by atoms with Crippen LogP contribution in [0.15, 0.2) is 32.0 Å². The fourth-order valence-electron chi connectivity index (χ4n) is 2.50. The predicted molar refractivity (Wildman–Crippen MR) is 97.7 cm³/mol. The molecule has 0 spiro atoms. The summed E-state index contributed by atoms with van der Waals surface area (Å²) >= 11 is 3.28. The van der Waals surface area contributed by atoms with Gasteiger partial charge in [-0.15, -0.1) is 6.42 Å². The van der Waals surface area contributed by atoms with Crippen LogP contribution in [0.4, 0.5) is 4.39 Å². The summed E-state index contributed by atoms with van der Waals surface area (Å²) in [6, 6.07) is 4.31. The Balaban J connectivity index is 2.78. The molecule has 0 saturated heterocycles. The Morgan fingerprint density at radius 1 is 1.58 bits per heavy atom. The van der Waals surface area contributed by atoms with Crippen molar-refractivity contribution >= 4 is 31.5 Å². The Morgan fingerprint density at radius 2 is 2.25 bits per heavy atom. The van der Waals surface area contributed by atoms with E-state index in [1.165, 1.54) is 18.2 Å². The molecule has 0 saturated carbocycles. The van der Waals surface area contributed by atoms with Crippen molar-refractivity contribution in [2.45, 2.75) is 24.1 Å². The second kappa shape index (κ2) is 6.47. The molecule has 1 unspecified atom stereocenters. The Bertz CT molecular complexity index is 853. The van der Waals surface area contributed by atoms with Gasteiger partial charge in [0.1, 0.15) is 16.4 Å². The zero-order valence-corrected chi connectivity index (χ0v) is 15.8. The van der Waals surface area contributed by atoms with Crippen LogP contribution in [0.2, 0.25) is 0 Å². The summed E-state index contributed by atoms with van der Waals surface area (Å²) in [7, 11) is -2.99. The van der Waals surface area contributed by atoms with Crippen molar-refractivity contribution in [3.05, 3.63) is 34.1 Å². The molecule has 3 N–H and O–H groups in total. The third-order valence-corrected chi connectivity index (χ3v) is 7.85. The molecule has 1 aromatic carbocycles. The molecule has 0 radical (unpaired) electrons. The highest BCUT2D eigenvalue weighted by Gasteiger charge is 2.49. The molecule has 0 bridgehead atoms. The van der Waals surface area contributed by atoms with Crippen molar-refractivity contribution in [3.8, 4) is 12.3 Å². The normalized spacial score (nSPS) is 28.8. The molecule has 0 amide bonds. The first kappa shape index (κ1) is 18.9. The number of rotatable bonds is 3. The molecule has 1 aliphatic heterocycles. The van der Waals surface area contributed by atoms with Crippen LogP contribution in [0.3, 0.4) is 0 Å². The fraction of sp³-hybridized carbons (Fsp3) is 0.438. The second-order valence-electron chi connectivity index (χ2n) is 6.00. The standard InChI is InChI=1S/C16H19BrFN3O2S/c1-4-16(12-9-11(17)5-6-13(12)18)10-24(23,20-7-8-22)15(2,3)14(19)21-16/h1,5-6,9,22H,7-8,10H2,2-3H3,(H2,19,21)/t16-,24?/m0/s1. The van der Waals surface area contributed by atoms with Gasteiger partial charge >= 0.3 is 0 Å². The minimum atomic E-state index is -2.99. The number of hydrogen-bond donors (Lipinski definition) is 2. The van der Waals surface area contributed by atoms with Gasteiger partial charge in [0.15, 0.2) is 5.54 Å². The summed E-state index contributed by atoms with van der Waals surface area (Å²) in [6.07, 6.45) is 5.68. The van der Waals surface area contributed by atoms with E-state index in [4.69, 9.17) is 17.3 Å². The van der Waals surface area contributed by atoms with Crippen LogP contribution in [-0.4, -0.2) is 38.8 Å². The highest BCUT2D eigenvalue weighted by Crippen LogP contribution is 2.39. The fourth-order valence-corrected chi connectivity index (χ4v) is 5.25. The Hall–Kier alpha value is -1.43. The lowest BCUT2D eigenvalue weighted by molar-refractivity contribution is 0.307. The van der Waals surface area contributed by atoms with Gasteiger partial charge in [-0.2, -0.15) is 0 Å². The zero-order chi connectivity index (χ0) is 18.2. The molecule has 8 heteroatoms. The summed E-state index contributed by atoms with van der Waals surface area (Å²) in [5.74, 6) is 1.80. The van der Waals surface area contributed by atoms with Crippen LogP contribution in [0.1, 0.15) is 19.4 Å². The van der Waals surface area contributed by atoms with Crippen molar-refractivity contribution < 1.29 is 13.7 Å². The van der Waals surface area contributed by atoms with Gasteiger partial charge in [-0.1, -0.05) is 21.9 Å². The maximum absolute atomic E-state index is 14.4. The summed E-state index contributed by atoms with van der Waals surface area (Å²) in [5.41, 5.74) is 4.66. The van der Waals surface area contributed by atoms with Crippen molar-refractivity contribution in [1.29, 1.82) is 0 Å². The number of aliphatic hydroxyl groups is 1. The largest absolute Gasteiger partial charge is 0.394 e. The van der Waals surface area contributed by atoms with Crippen LogP contribution in [0, 0.1) is 18.2 Å². The van der Waals surface area contributed by atoms with E-state index in [2.05, 4.69) is 31.2 Å². The first-order chi connectivity index (χ1) is 11.1. The summed E-state index contributed by atoms with van der Waals surface area (Å²) in [4.78, 5) is 4.36. The van der Waals surface area contributed by atoms with Crippen molar-refractivity contribution in [2.24, 2.45) is 15.1 Å². The third-order valence-electron chi connectivity index (χ3n) is 4.14. The van der Waals surface area contributed by atoms with E-state index in [1.54, 1.807) is 13.8 Å². The van der Waals surface area contributed by atoms with Crippen LogP contribution < -0.4 is 5.73 Å². The molecule has 0 fully saturated rings. The van der Waals surface area contributed by atoms with Crippen molar-refractivity contribution in [1.82, 2.24) is 0 Å². The second-order valence-corrected chi connectivity index (χ2v) is 9.76. The lowest BCUT2D eigenvalue weighted by Crippen LogP contribution is -2.55. The third kappa shape index (κ3) is 2.96. The molecule has 24 heavy (non-hydrogen) atoms. The van der Waals surface area contributed by atoms with E-state index in [0.29, 0.717) is 4.47 Å². The molecule has 0 aliphatic carbocycles. The number of terminal acetylenes is 1. The van der Waals surface area contributed by atoms with Gasteiger partial charge in [0.25, 0.3) is 0 Å². The molecule has 1 aromatic rings. The SMILES string of the molecule is C#C[C@@]1(c2cc(Br)ccc2F)CS(=O)(=NCCO)C(C)(C)C(N)=N1. The highest BCUT2D eigenvalue weighted by molar-refractivity contribution is 9.10. The van der Waals surface area contributed by atoms with Gasteiger partial charge in [-0.05, 0) is 32.0 Å². The van der Waals surface area contributed by atoms with Gasteiger partial charge in [-0.25, -0.2) is 18.0 Å². The summed E-state index contributed by atoms with van der Waals surface area (Å²) in [5, 5.41) is 9.04. The van der Waals surface area contributed by atoms with E-state index in [9.17, 15) is 8.60 Å². The first-order valence-corrected chi connectivity index (χ1v) is 9.70. The predicted octanol–water partition coefficient (Wildman–Crippen LogP) is 2.03. The number of aliphatic imine (C=N–C) groups is 1. The van der Waals surface area contributed by atoms with Gasteiger partial charge in [0, 0.05) is 10.0 Å². The average molecular weight is 416 g/mol. The molecule has 2 atom stereocenters. The van der Waals surface area contributed by atoms with Gasteiger partial charge < -0.3 is 10.8 Å². The average Bonchev–Trinajstić information content (AvgIpc) is 2.53. The quantitative estimate of drug-likeness (QED) is 0.740. The van der Waals surface area contributed by atoms with Crippen LogP contribution >= 0.6 is 15.9 Å². The number of hydrogen-bond acceptors (Lipinski definition) is 5. The minimum Gasteiger partial charge on any atom is -0.394 e. The Morgan fingerprint density at radius 3 is 2.83 bits per heavy atom. The monoisotopic (exact) mass is 415 g/mol. The maximum atomic E-state index is 14.4. The number of benzene rings is 1. The van der Waals surface area contributed by atoms with Crippen molar-refractivity contribution in [3.63, 3.8) is 0 Å². The molecule has 0 aromatic heterocycles. The van der Waals surface area contributed by atoms with Crippen LogP contribution in [0.5, 0.6) is 0 Å². The minimum absolute atomic E-state index is 0.0167. The topological polar surface area (TPSA) is 88.0 Å².